The lowest BCUT2D eigenvalue weighted by molar-refractivity contribution is 0.0780. The van der Waals surface area contributed by atoms with Gasteiger partial charge < -0.3 is 14.8 Å². The molecule has 3 aromatic rings. The number of halogens is 1. The second-order valence-corrected chi connectivity index (χ2v) is 8.22. The van der Waals surface area contributed by atoms with E-state index in [1.165, 1.54) is 6.07 Å². The summed E-state index contributed by atoms with van der Waals surface area (Å²) >= 11 is 5.84. The third-order valence-electron chi connectivity index (χ3n) is 5.42. The lowest BCUT2D eigenvalue weighted by Crippen LogP contribution is -2.35. The van der Waals surface area contributed by atoms with Crippen molar-refractivity contribution in [1.82, 2.24) is 19.9 Å². The van der Waals surface area contributed by atoms with Crippen molar-refractivity contribution in [3.8, 4) is 11.4 Å². The van der Waals surface area contributed by atoms with Crippen LogP contribution in [0.4, 0.5) is 0 Å². The van der Waals surface area contributed by atoms with Crippen LogP contribution in [0.3, 0.4) is 0 Å². The number of hydrogen-bond acceptors (Lipinski definition) is 6. The number of rotatable bonds is 9. The van der Waals surface area contributed by atoms with Crippen molar-refractivity contribution < 1.29 is 9.47 Å². The van der Waals surface area contributed by atoms with Gasteiger partial charge in [-0.3, -0.25) is 19.3 Å². The molecule has 3 aromatic heterocycles. The average molecular weight is 455 g/mol. The van der Waals surface area contributed by atoms with Crippen molar-refractivity contribution in [3.05, 3.63) is 81.8 Å². The molecule has 4 rings (SSSR count). The summed E-state index contributed by atoms with van der Waals surface area (Å²) in [6.45, 7) is 2.94. The molecule has 32 heavy (non-hydrogen) atoms. The van der Waals surface area contributed by atoms with Crippen LogP contribution in [0, 0.1) is 0 Å². The molecule has 1 saturated heterocycles. The molecule has 0 aromatic carbocycles. The van der Waals surface area contributed by atoms with Gasteiger partial charge in [-0.25, -0.2) is 0 Å². The van der Waals surface area contributed by atoms with Crippen molar-refractivity contribution in [3.63, 3.8) is 0 Å². The summed E-state index contributed by atoms with van der Waals surface area (Å²) in [6.07, 6.45) is 9.10. The normalized spacial score (nSPS) is 14.4. The van der Waals surface area contributed by atoms with Gasteiger partial charge in [0.15, 0.2) is 0 Å². The van der Waals surface area contributed by atoms with Crippen LogP contribution in [0.15, 0.2) is 59.8 Å². The van der Waals surface area contributed by atoms with E-state index >= 15 is 0 Å². The largest absolute Gasteiger partial charge is 0.487 e. The van der Waals surface area contributed by atoms with Gasteiger partial charge in [-0.15, -0.1) is 0 Å². The van der Waals surface area contributed by atoms with E-state index in [9.17, 15) is 4.79 Å². The van der Waals surface area contributed by atoms with E-state index in [2.05, 4.69) is 15.3 Å². The molecule has 1 aliphatic rings. The van der Waals surface area contributed by atoms with E-state index in [0.29, 0.717) is 16.8 Å². The molecule has 168 valence electrons. The van der Waals surface area contributed by atoms with Crippen LogP contribution in [0.5, 0.6) is 5.75 Å². The molecule has 4 heterocycles. The van der Waals surface area contributed by atoms with Crippen LogP contribution in [0.25, 0.3) is 5.69 Å². The number of aryl methyl sites for hydroxylation is 1. The molecule has 7 nitrogen and oxygen atoms in total. The zero-order valence-corrected chi connectivity index (χ0v) is 18.6. The summed E-state index contributed by atoms with van der Waals surface area (Å²) in [7, 11) is 0. The van der Waals surface area contributed by atoms with E-state index in [1.54, 1.807) is 41.4 Å². The maximum absolute atomic E-state index is 12.5. The first-order chi connectivity index (χ1) is 15.7. The van der Waals surface area contributed by atoms with Crippen LogP contribution in [0.1, 0.15) is 30.7 Å². The topological polar surface area (TPSA) is 78.3 Å². The standard InChI is InChI=1S/C24H27ClN4O3/c25-18-3-4-21(27-15-18)17-32-23-7-11-29(24(30)14-23)22-6-5-19(28-16-22)2-1-10-26-20-8-12-31-13-9-20/h3-7,11,14-16,20,26H,1-2,8-10,12-13,17H2. The van der Waals surface area contributed by atoms with Crippen LogP contribution in [-0.4, -0.2) is 40.3 Å². The van der Waals surface area contributed by atoms with Gasteiger partial charge in [0.1, 0.15) is 12.4 Å². The second-order valence-electron chi connectivity index (χ2n) is 7.78. The Hall–Kier alpha value is -2.74. The highest BCUT2D eigenvalue weighted by molar-refractivity contribution is 6.30. The third kappa shape index (κ3) is 6.38. The van der Waals surface area contributed by atoms with Crippen LogP contribution in [0.2, 0.25) is 5.02 Å². The Morgan fingerprint density at radius 3 is 2.62 bits per heavy atom. The molecule has 0 amide bonds. The Bertz CT molecular complexity index is 1050. The molecule has 0 saturated carbocycles. The highest BCUT2D eigenvalue weighted by Gasteiger charge is 2.12. The monoisotopic (exact) mass is 454 g/mol. The molecule has 0 unspecified atom stereocenters. The fourth-order valence-electron chi connectivity index (χ4n) is 3.60. The Morgan fingerprint density at radius 2 is 1.91 bits per heavy atom. The van der Waals surface area contributed by atoms with Gasteiger partial charge >= 0.3 is 0 Å². The number of aromatic nitrogens is 3. The molecular weight excluding hydrogens is 428 g/mol. The maximum atomic E-state index is 12.5. The summed E-state index contributed by atoms with van der Waals surface area (Å²) < 4.78 is 12.6. The molecular formula is C24H27ClN4O3. The van der Waals surface area contributed by atoms with Crippen molar-refractivity contribution >= 4 is 11.6 Å². The fourth-order valence-corrected chi connectivity index (χ4v) is 3.71. The fraction of sp³-hybridized carbons (Fsp3) is 0.375. The SMILES string of the molecule is O=c1cc(OCc2ccc(Cl)cn2)ccn1-c1ccc(CCCNC2CCOCC2)nc1. The van der Waals surface area contributed by atoms with Gasteiger partial charge in [0.25, 0.3) is 5.56 Å². The number of nitrogens with one attached hydrogen (secondary N) is 1. The van der Waals surface area contributed by atoms with Gasteiger partial charge in [0.05, 0.1) is 22.6 Å². The van der Waals surface area contributed by atoms with Gasteiger partial charge in [-0.2, -0.15) is 0 Å². The van der Waals surface area contributed by atoms with Crippen molar-refractivity contribution in [2.24, 2.45) is 0 Å². The number of nitrogens with zero attached hydrogens (tertiary/aromatic N) is 3. The first-order valence-electron chi connectivity index (χ1n) is 10.9. The third-order valence-corrected chi connectivity index (χ3v) is 5.64. The lowest BCUT2D eigenvalue weighted by Gasteiger charge is -2.23. The predicted octanol–water partition coefficient (Wildman–Crippen LogP) is 3.56. The number of hydrogen-bond donors (Lipinski definition) is 1. The number of pyridine rings is 3. The minimum absolute atomic E-state index is 0.179. The predicted molar refractivity (Wildman–Crippen MR) is 124 cm³/mol. The summed E-state index contributed by atoms with van der Waals surface area (Å²) in [5.41, 5.74) is 2.30. The van der Waals surface area contributed by atoms with E-state index in [1.807, 2.05) is 12.1 Å². The molecule has 0 atom stereocenters. The first kappa shape index (κ1) is 22.5. The molecule has 0 radical (unpaired) electrons. The highest BCUT2D eigenvalue weighted by atomic mass is 35.5. The van der Waals surface area contributed by atoms with Crippen LogP contribution >= 0.6 is 11.6 Å². The van der Waals surface area contributed by atoms with E-state index in [0.717, 1.165) is 62.5 Å². The van der Waals surface area contributed by atoms with E-state index in [4.69, 9.17) is 21.1 Å². The summed E-state index contributed by atoms with van der Waals surface area (Å²) in [6, 6.07) is 11.2. The molecule has 8 heteroatoms. The Balaban J connectivity index is 1.28. The summed E-state index contributed by atoms with van der Waals surface area (Å²) in [5, 5.41) is 4.16. The van der Waals surface area contributed by atoms with Crippen LogP contribution in [-0.2, 0) is 17.8 Å². The van der Waals surface area contributed by atoms with Gasteiger partial charge in [-0.05, 0) is 62.6 Å². The van der Waals surface area contributed by atoms with Gasteiger partial charge in [0, 0.05) is 43.4 Å². The minimum Gasteiger partial charge on any atom is -0.487 e. The van der Waals surface area contributed by atoms with Crippen LogP contribution < -0.4 is 15.6 Å². The molecule has 0 aliphatic carbocycles. The maximum Gasteiger partial charge on any atom is 0.258 e. The Kier molecular flexibility index (Phi) is 7.87. The Morgan fingerprint density at radius 1 is 1.09 bits per heavy atom. The van der Waals surface area contributed by atoms with Gasteiger partial charge in [-0.1, -0.05) is 11.6 Å². The minimum atomic E-state index is -0.179. The van der Waals surface area contributed by atoms with Crippen molar-refractivity contribution in [2.45, 2.75) is 38.3 Å². The number of ether oxygens (including phenoxy) is 2. The highest BCUT2D eigenvalue weighted by Crippen LogP contribution is 2.13. The molecule has 0 spiro atoms. The van der Waals surface area contributed by atoms with Gasteiger partial charge in [0.2, 0.25) is 0 Å². The second kappa shape index (κ2) is 11.2. The smallest absolute Gasteiger partial charge is 0.258 e. The first-order valence-corrected chi connectivity index (χ1v) is 11.3. The lowest BCUT2D eigenvalue weighted by atomic mass is 10.1. The average Bonchev–Trinajstić information content (AvgIpc) is 2.83. The molecule has 1 fully saturated rings. The van der Waals surface area contributed by atoms with E-state index < -0.39 is 0 Å². The molecule has 0 bridgehead atoms. The summed E-state index contributed by atoms with van der Waals surface area (Å²) in [4.78, 5) is 21.3. The zero-order chi connectivity index (χ0) is 22.2. The molecule has 1 aliphatic heterocycles. The zero-order valence-electron chi connectivity index (χ0n) is 17.9. The van der Waals surface area contributed by atoms with Crippen molar-refractivity contribution in [1.29, 1.82) is 0 Å². The van der Waals surface area contributed by atoms with E-state index in [-0.39, 0.29) is 12.2 Å². The Labute approximate surface area is 192 Å². The van der Waals surface area contributed by atoms with Crippen molar-refractivity contribution in [2.75, 3.05) is 19.8 Å². The molecule has 1 N–H and O–H groups in total. The summed E-state index contributed by atoms with van der Waals surface area (Å²) in [5.74, 6) is 0.490. The quantitative estimate of drug-likeness (QED) is 0.498.